The van der Waals surface area contributed by atoms with Crippen molar-refractivity contribution in [1.82, 2.24) is 4.90 Å². The average Bonchev–Trinajstić information content (AvgIpc) is 2.54. The molecule has 3 atom stereocenters. The third-order valence-corrected chi connectivity index (χ3v) is 4.09. The number of hydrogen-bond acceptors (Lipinski definition) is 3. The van der Waals surface area contributed by atoms with E-state index in [0.717, 1.165) is 51.5 Å². The molecular weight excluding hydrogens is 202 g/mol. The van der Waals surface area contributed by atoms with Crippen LogP contribution in [0.1, 0.15) is 44.9 Å². The highest BCUT2D eigenvalue weighted by Crippen LogP contribution is 2.26. The lowest BCUT2D eigenvalue weighted by molar-refractivity contribution is -0.113. The molecule has 1 aliphatic carbocycles. The lowest BCUT2D eigenvalue weighted by Crippen LogP contribution is -2.48. The number of aliphatic hydroxyl groups is 1. The van der Waals surface area contributed by atoms with Crippen molar-refractivity contribution in [2.45, 2.75) is 57.1 Å². The molecule has 0 spiro atoms. The van der Waals surface area contributed by atoms with Crippen molar-refractivity contribution in [3.05, 3.63) is 0 Å². The van der Waals surface area contributed by atoms with Gasteiger partial charge in [-0.25, -0.2) is 0 Å². The molecule has 0 aromatic heterocycles. The van der Waals surface area contributed by atoms with Crippen molar-refractivity contribution in [3.8, 4) is 0 Å². The molecule has 2 aliphatic rings. The van der Waals surface area contributed by atoms with Gasteiger partial charge in [0.2, 0.25) is 0 Å². The molecule has 16 heavy (non-hydrogen) atoms. The summed E-state index contributed by atoms with van der Waals surface area (Å²) in [4.78, 5) is 13.2. The molecule has 1 heterocycles. The number of piperidine rings is 1. The number of carbonyl (C=O) groups is 1. The van der Waals surface area contributed by atoms with Crippen LogP contribution in [-0.2, 0) is 4.79 Å². The Morgan fingerprint density at radius 2 is 1.88 bits per heavy atom. The predicted octanol–water partition coefficient (Wildman–Crippen LogP) is 1.59. The van der Waals surface area contributed by atoms with Gasteiger partial charge in [0.25, 0.3) is 0 Å². The normalized spacial score (nSPS) is 37.9. The van der Waals surface area contributed by atoms with Gasteiger partial charge >= 0.3 is 0 Å². The number of likely N-dealkylation sites (tertiary alicyclic amines) is 1. The summed E-state index contributed by atoms with van der Waals surface area (Å²) in [6.07, 6.45) is 8.73. The Morgan fingerprint density at radius 3 is 2.69 bits per heavy atom. The molecule has 1 aliphatic heterocycles. The van der Waals surface area contributed by atoms with Gasteiger partial charge in [-0.3, -0.25) is 4.90 Å². The fourth-order valence-electron chi connectivity index (χ4n) is 3.15. The van der Waals surface area contributed by atoms with E-state index in [-0.39, 0.29) is 12.0 Å². The van der Waals surface area contributed by atoms with Gasteiger partial charge in [-0.1, -0.05) is 19.3 Å². The minimum Gasteiger partial charge on any atom is -0.391 e. The number of nitrogens with zero attached hydrogens (tertiary/aromatic N) is 1. The van der Waals surface area contributed by atoms with Crippen LogP contribution in [-0.4, -0.2) is 41.5 Å². The summed E-state index contributed by atoms with van der Waals surface area (Å²) in [6, 6.07) is 0.310. The average molecular weight is 225 g/mol. The maximum atomic E-state index is 10.8. The van der Waals surface area contributed by atoms with E-state index >= 15 is 0 Å². The van der Waals surface area contributed by atoms with Crippen LogP contribution in [0, 0.1) is 5.92 Å². The Hall–Kier alpha value is -0.410. The van der Waals surface area contributed by atoms with Crippen LogP contribution in [0.4, 0.5) is 0 Å². The van der Waals surface area contributed by atoms with E-state index < -0.39 is 0 Å². The minimum atomic E-state index is -0.173. The van der Waals surface area contributed by atoms with Crippen molar-refractivity contribution in [1.29, 1.82) is 0 Å². The molecule has 2 rings (SSSR count). The van der Waals surface area contributed by atoms with Crippen LogP contribution in [0.3, 0.4) is 0 Å². The molecule has 1 saturated carbocycles. The SMILES string of the molecule is O=CC1CCCN(C2CCCCCC2O)C1. The number of aliphatic hydroxyl groups excluding tert-OH is 1. The van der Waals surface area contributed by atoms with Crippen LogP contribution >= 0.6 is 0 Å². The van der Waals surface area contributed by atoms with E-state index in [1.54, 1.807) is 0 Å². The molecule has 0 aromatic rings. The van der Waals surface area contributed by atoms with Crippen molar-refractivity contribution in [2.75, 3.05) is 13.1 Å². The molecule has 1 N–H and O–H groups in total. The van der Waals surface area contributed by atoms with E-state index in [1.807, 2.05) is 0 Å². The molecule has 0 amide bonds. The van der Waals surface area contributed by atoms with E-state index in [0.29, 0.717) is 6.04 Å². The molecule has 3 nitrogen and oxygen atoms in total. The van der Waals surface area contributed by atoms with Crippen LogP contribution in [0.5, 0.6) is 0 Å². The molecule has 0 bridgehead atoms. The summed E-state index contributed by atoms with van der Waals surface area (Å²) >= 11 is 0. The number of hydrogen-bond donors (Lipinski definition) is 1. The van der Waals surface area contributed by atoms with Crippen molar-refractivity contribution < 1.29 is 9.90 Å². The van der Waals surface area contributed by atoms with Crippen LogP contribution < -0.4 is 0 Å². The van der Waals surface area contributed by atoms with Crippen LogP contribution in [0.2, 0.25) is 0 Å². The zero-order valence-corrected chi connectivity index (χ0v) is 9.98. The molecule has 3 heteroatoms. The van der Waals surface area contributed by atoms with Crippen molar-refractivity contribution in [2.24, 2.45) is 5.92 Å². The van der Waals surface area contributed by atoms with Gasteiger partial charge in [-0.05, 0) is 32.2 Å². The van der Waals surface area contributed by atoms with E-state index in [9.17, 15) is 9.90 Å². The fourth-order valence-corrected chi connectivity index (χ4v) is 3.15. The highest BCUT2D eigenvalue weighted by atomic mass is 16.3. The Bertz CT molecular complexity index is 232. The maximum Gasteiger partial charge on any atom is 0.124 e. The largest absolute Gasteiger partial charge is 0.391 e. The zero-order chi connectivity index (χ0) is 11.4. The van der Waals surface area contributed by atoms with Crippen LogP contribution in [0.15, 0.2) is 0 Å². The minimum absolute atomic E-state index is 0.173. The third-order valence-electron chi connectivity index (χ3n) is 4.09. The van der Waals surface area contributed by atoms with Gasteiger partial charge in [0.15, 0.2) is 0 Å². The first kappa shape index (κ1) is 12.1. The second kappa shape index (κ2) is 5.78. The molecule has 0 aromatic carbocycles. The lowest BCUT2D eigenvalue weighted by Gasteiger charge is -2.38. The number of carbonyl (C=O) groups excluding carboxylic acids is 1. The topological polar surface area (TPSA) is 40.5 Å². The maximum absolute atomic E-state index is 10.8. The van der Waals surface area contributed by atoms with Gasteiger partial charge in [-0.15, -0.1) is 0 Å². The van der Waals surface area contributed by atoms with Gasteiger partial charge in [0.05, 0.1) is 6.10 Å². The summed E-state index contributed by atoms with van der Waals surface area (Å²) in [5.41, 5.74) is 0. The van der Waals surface area contributed by atoms with Gasteiger partial charge in [0, 0.05) is 18.5 Å². The van der Waals surface area contributed by atoms with Gasteiger partial charge in [-0.2, -0.15) is 0 Å². The smallest absolute Gasteiger partial charge is 0.124 e. The lowest BCUT2D eigenvalue weighted by atomic mass is 9.95. The fraction of sp³-hybridized carbons (Fsp3) is 0.923. The van der Waals surface area contributed by atoms with Crippen LogP contribution in [0.25, 0.3) is 0 Å². The monoisotopic (exact) mass is 225 g/mol. The number of aldehydes is 1. The Kier molecular flexibility index (Phi) is 4.36. The molecule has 2 fully saturated rings. The molecule has 0 radical (unpaired) electrons. The van der Waals surface area contributed by atoms with E-state index in [1.165, 1.54) is 12.8 Å². The van der Waals surface area contributed by atoms with E-state index in [4.69, 9.17) is 0 Å². The highest BCUT2D eigenvalue weighted by molar-refractivity contribution is 5.53. The summed E-state index contributed by atoms with van der Waals surface area (Å²) in [6.45, 7) is 1.93. The first-order valence-electron chi connectivity index (χ1n) is 6.68. The Morgan fingerprint density at radius 1 is 1.06 bits per heavy atom. The summed E-state index contributed by atoms with van der Waals surface area (Å²) in [7, 11) is 0. The number of rotatable bonds is 2. The molecule has 92 valence electrons. The second-order valence-electron chi connectivity index (χ2n) is 5.31. The second-order valence-corrected chi connectivity index (χ2v) is 5.31. The summed E-state index contributed by atoms with van der Waals surface area (Å²) in [5, 5.41) is 10.1. The first-order valence-corrected chi connectivity index (χ1v) is 6.68. The van der Waals surface area contributed by atoms with Gasteiger partial charge < -0.3 is 9.90 Å². The molecule has 3 unspecified atom stereocenters. The van der Waals surface area contributed by atoms with Crippen molar-refractivity contribution in [3.63, 3.8) is 0 Å². The zero-order valence-electron chi connectivity index (χ0n) is 9.98. The summed E-state index contributed by atoms with van der Waals surface area (Å²) in [5.74, 6) is 0.198. The Labute approximate surface area is 97.8 Å². The highest BCUT2D eigenvalue weighted by Gasteiger charge is 2.30. The summed E-state index contributed by atoms with van der Waals surface area (Å²) < 4.78 is 0. The van der Waals surface area contributed by atoms with E-state index in [2.05, 4.69) is 4.90 Å². The third kappa shape index (κ3) is 2.83. The first-order chi connectivity index (χ1) is 7.81. The van der Waals surface area contributed by atoms with Gasteiger partial charge in [0.1, 0.15) is 6.29 Å². The molecule has 1 saturated heterocycles. The quantitative estimate of drug-likeness (QED) is 0.573. The standard InChI is InChI=1S/C13H23NO2/c15-10-11-5-4-8-14(9-11)12-6-2-1-3-7-13(12)16/h10-13,16H,1-9H2. The molecular formula is C13H23NO2. The Balaban J connectivity index is 1.95. The predicted molar refractivity (Wildman–Crippen MR) is 63.2 cm³/mol. The van der Waals surface area contributed by atoms with Crippen molar-refractivity contribution >= 4 is 6.29 Å².